The van der Waals surface area contributed by atoms with E-state index in [1.807, 2.05) is 75.5 Å². The van der Waals surface area contributed by atoms with Crippen molar-refractivity contribution in [1.82, 2.24) is 0 Å². The molecular formula is C116H178O8. The van der Waals surface area contributed by atoms with Gasteiger partial charge in [0.25, 0.3) is 0 Å². The fourth-order valence-electron chi connectivity index (χ4n) is 15.9. The molecule has 0 spiro atoms. The Balaban J connectivity index is 0.000000855. The minimum Gasteiger partial charge on any atom is -0.462 e. The van der Waals surface area contributed by atoms with Crippen LogP contribution < -0.4 is 0 Å². The summed E-state index contributed by atoms with van der Waals surface area (Å²) < 4.78 is 15.3. The van der Waals surface area contributed by atoms with Gasteiger partial charge in [0.1, 0.15) is 13.2 Å². The van der Waals surface area contributed by atoms with Crippen molar-refractivity contribution in [2.24, 2.45) is 21.7 Å². The topological polar surface area (TPSA) is 116 Å². The van der Waals surface area contributed by atoms with Gasteiger partial charge in [-0.1, -0.05) is 398 Å². The van der Waals surface area contributed by atoms with Gasteiger partial charge in [-0.25, -0.2) is 4.79 Å². The molecule has 4 aliphatic carbocycles. The number of carbonyl (C=O) groups is 4. The summed E-state index contributed by atoms with van der Waals surface area (Å²) in [4.78, 5) is 46.8. The lowest BCUT2D eigenvalue weighted by atomic mass is 9.72. The van der Waals surface area contributed by atoms with Gasteiger partial charge in [0.05, 0.1) is 6.61 Å². The first-order valence-corrected chi connectivity index (χ1v) is 48.2. The molecule has 4 rings (SSSR count). The standard InChI is InChI=1S/C38H58O3.C36H60O2.C22H32O2.C20H28O/c1-7-8-9-10-11-12-13-14-15-16-17-18-19-20-21-27-36(39)41-37(40)31-33(3)25-22-24-32(2)28-29-35-34(4)26-23-30-38(35,5)6;1-7-8-9-10-11-12-13-14-15-16-17-18-19-25-35(37)38-30-28-32(3)23-20-22-31(2)26-27-34-33(4)24-21-29-36(34,5)6;1-17(9-7-10-18(2)14-16-24-20(4)23)12-13-21-19(3)11-8-15-22(21,5)6;1-16(8-6-9-17(2)13-15-21)11-12-19-18(3)10-7-14-20(19,4)5/h11-12,14-15,22,24-25,28-29,31H,7-10,13,16-21,23,26-27,30H2,1-6H3;20,22-23,26-28H,7-19,21,24-25,29-30H2,1-6H3;7,9-10,12-14H,8,11,15-16H2,1-6H3;6-13,21H,14-15H2,1-5H3/b12-11-,15-14-,25-22+,29-28+,32-24+,33-31+;23-20+,27-26+,31-22+,32-28+;10-7+,13-12+,17-9+,18-14+;9-6+,12-11+,16-8+,17-13+. The second-order valence-corrected chi connectivity index (χ2v) is 38.0. The van der Waals surface area contributed by atoms with Crippen molar-refractivity contribution in [2.75, 3.05) is 19.8 Å². The van der Waals surface area contributed by atoms with Gasteiger partial charge < -0.3 is 19.3 Å². The smallest absolute Gasteiger partial charge is 0.338 e. The van der Waals surface area contributed by atoms with E-state index in [9.17, 15) is 19.2 Å². The second kappa shape index (κ2) is 68.3. The Morgan fingerprint density at radius 2 is 0.718 bits per heavy atom. The molecule has 0 radical (unpaired) electrons. The first kappa shape index (κ1) is 114. The summed E-state index contributed by atoms with van der Waals surface area (Å²) in [6.45, 7) is 50.6. The predicted molar refractivity (Wildman–Crippen MR) is 540 cm³/mol. The van der Waals surface area contributed by atoms with E-state index in [2.05, 4.69) is 247 Å². The molecule has 0 aliphatic heterocycles. The molecule has 0 atom stereocenters. The molecular weight excluding hydrogens is 1520 g/mol. The van der Waals surface area contributed by atoms with E-state index in [1.165, 1.54) is 241 Å². The van der Waals surface area contributed by atoms with E-state index in [1.54, 1.807) is 6.08 Å². The van der Waals surface area contributed by atoms with Gasteiger partial charge in [-0.15, -0.1) is 0 Å². The van der Waals surface area contributed by atoms with Gasteiger partial charge in [-0.05, 0) is 259 Å². The molecule has 690 valence electrons. The average Bonchev–Trinajstić information content (AvgIpc) is 0.839. The number of rotatable bonds is 50. The number of hydrogen-bond acceptors (Lipinski definition) is 8. The van der Waals surface area contributed by atoms with Crippen LogP contribution in [-0.4, -0.2) is 48.8 Å². The lowest BCUT2D eigenvalue weighted by Crippen LogP contribution is -2.19. The number of aliphatic hydroxyl groups is 1. The molecule has 0 aromatic heterocycles. The van der Waals surface area contributed by atoms with E-state index >= 15 is 0 Å². The molecule has 0 aromatic carbocycles. The van der Waals surface area contributed by atoms with Gasteiger partial charge in [-0.2, -0.15) is 0 Å². The van der Waals surface area contributed by atoms with Crippen LogP contribution >= 0.6 is 0 Å². The highest BCUT2D eigenvalue weighted by atomic mass is 16.6. The summed E-state index contributed by atoms with van der Waals surface area (Å²) in [6.07, 6.45) is 106. The van der Waals surface area contributed by atoms with Gasteiger partial charge in [0.15, 0.2) is 0 Å². The van der Waals surface area contributed by atoms with Gasteiger partial charge in [0.2, 0.25) is 0 Å². The Hall–Kier alpha value is -7.94. The third-order valence-electron chi connectivity index (χ3n) is 23.8. The molecule has 124 heavy (non-hydrogen) atoms. The highest BCUT2D eigenvalue weighted by Gasteiger charge is 2.29. The van der Waals surface area contributed by atoms with Crippen molar-refractivity contribution < 1.29 is 38.5 Å². The second-order valence-electron chi connectivity index (χ2n) is 38.0. The molecule has 0 fully saturated rings. The van der Waals surface area contributed by atoms with Crippen molar-refractivity contribution in [3.8, 4) is 0 Å². The Labute approximate surface area is 761 Å². The van der Waals surface area contributed by atoms with Crippen LogP contribution in [0.1, 0.15) is 390 Å². The molecule has 0 heterocycles. The number of allylic oxidation sites excluding steroid dienone is 42. The molecule has 0 amide bonds. The van der Waals surface area contributed by atoms with Crippen LogP contribution in [0, 0.1) is 21.7 Å². The molecule has 0 unspecified atom stereocenters. The minimum atomic E-state index is -0.595. The van der Waals surface area contributed by atoms with Crippen LogP contribution in [0.2, 0.25) is 0 Å². The minimum absolute atomic E-state index is 0.0720. The van der Waals surface area contributed by atoms with Crippen molar-refractivity contribution in [1.29, 1.82) is 0 Å². The van der Waals surface area contributed by atoms with Crippen LogP contribution in [0.5, 0.6) is 0 Å². The summed E-state index contributed by atoms with van der Waals surface area (Å²) in [5.41, 5.74) is 21.6. The maximum absolute atomic E-state index is 12.1. The first-order valence-electron chi connectivity index (χ1n) is 48.2. The van der Waals surface area contributed by atoms with E-state index < -0.39 is 11.9 Å². The Morgan fingerprint density at radius 1 is 0.379 bits per heavy atom. The van der Waals surface area contributed by atoms with Gasteiger partial charge in [0, 0.05) is 25.8 Å². The molecule has 0 saturated heterocycles. The summed E-state index contributed by atoms with van der Waals surface area (Å²) in [7, 11) is 0. The average molecular weight is 1700 g/mol. The summed E-state index contributed by atoms with van der Waals surface area (Å²) in [6, 6.07) is 0. The molecule has 0 bridgehead atoms. The van der Waals surface area contributed by atoms with Crippen LogP contribution in [0.4, 0.5) is 0 Å². The fraction of sp³-hybridized carbons (Fsp3) is 0.569. The highest BCUT2D eigenvalue weighted by molar-refractivity contribution is 5.92. The predicted octanol–water partition coefficient (Wildman–Crippen LogP) is 34.3. The van der Waals surface area contributed by atoms with E-state index in [0.717, 1.165) is 79.2 Å². The molecule has 0 aromatic rings. The molecule has 8 heteroatoms. The Bertz CT molecular complexity index is 3930. The van der Waals surface area contributed by atoms with Crippen molar-refractivity contribution in [3.05, 3.63) is 271 Å². The SMILES string of the molecule is CC(=O)OC/C=C(C)/C=C/C=C(C)/C=C/C1=C(C)CCCC1(C)C.CC1=C(/C=C/C(C)=C/C=C/C(C)=C/CO)C(C)(C)CC=C1.CCCCC/C=C\C/C=C\CCCCCCCC(=O)OC(=O)/C=C(C)/C=C/C=C(C)/C=C/C1=C(C)CCCC1(C)C.CCCCCCCCCCCCCCCC(=O)OC/C=C(C)/C=C/C=C(C)/C=C/C1=C(C)CCCC1(C)C. The van der Waals surface area contributed by atoms with Crippen molar-refractivity contribution >= 4 is 23.9 Å². The lowest BCUT2D eigenvalue weighted by Gasteiger charge is -2.33. The zero-order chi connectivity index (χ0) is 92.5. The normalized spacial score (nSPS) is 17.8. The van der Waals surface area contributed by atoms with E-state index in [-0.39, 0.29) is 40.2 Å². The van der Waals surface area contributed by atoms with E-state index in [4.69, 9.17) is 19.3 Å². The molecule has 4 aliphatic rings. The van der Waals surface area contributed by atoms with Crippen molar-refractivity contribution in [3.63, 3.8) is 0 Å². The molecule has 0 saturated carbocycles. The summed E-state index contributed by atoms with van der Waals surface area (Å²) >= 11 is 0. The van der Waals surface area contributed by atoms with Crippen LogP contribution in [0.3, 0.4) is 0 Å². The van der Waals surface area contributed by atoms with E-state index in [0.29, 0.717) is 26.1 Å². The monoisotopic (exact) mass is 1700 g/mol. The summed E-state index contributed by atoms with van der Waals surface area (Å²) in [5.74, 6) is -1.36. The first-order chi connectivity index (χ1) is 59.0. The van der Waals surface area contributed by atoms with Gasteiger partial charge in [-0.3, -0.25) is 14.4 Å². The third-order valence-corrected chi connectivity index (χ3v) is 23.8. The van der Waals surface area contributed by atoms with Crippen LogP contribution in [-0.2, 0) is 33.4 Å². The van der Waals surface area contributed by atoms with Gasteiger partial charge >= 0.3 is 23.9 Å². The zero-order valence-corrected chi connectivity index (χ0v) is 83.2. The zero-order valence-electron chi connectivity index (χ0n) is 83.2. The van der Waals surface area contributed by atoms with Crippen LogP contribution in [0.15, 0.2) is 271 Å². The van der Waals surface area contributed by atoms with Crippen LogP contribution in [0.25, 0.3) is 0 Å². The Kier molecular flexibility index (Phi) is 62.8. The number of aliphatic hydroxyl groups excluding tert-OH is 1. The fourth-order valence-corrected chi connectivity index (χ4v) is 15.9. The lowest BCUT2D eigenvalue weighted by molar-refractivity contribution is -0.156. The quantitative estimate of drug-likeness (QED) is 0.0122. The number of esters is 4. The molecule has 1 N–H and O–H groups in total. The largest absolute Gasteiger partial charge is 0.462 e. The number of hydrogen-bond donors (Lipinski definition) is 1. The van der Waals surface area contributed by atoms with Crippen molar-refractivity contribution in [2.45, 2.75) is 390 Å². The summed E-state index contributed by atoms with van der Waals surface area (Å²) in [5, 5.41) is 8.80. The number of ether oxygens (including phenoxy) is 3. The number of unbranched alkanes of at least 4 members (excludes halogenated alkanes) is 20. The highest BCUT2D eigenvalue weighted by Crippen LogP contribution is 2.44. The third kappa shape index (κ3) is 57.6. The Morgan fingerprint density at radius 3 is 1.10 bits per heavy atom. The molecule has 8 nitrogen and oxygen atoms in total. The maximum Gasteiger partial charge on any atom is 0.338 e. The maximum atomic E-state index is 12.1. The number of carbonyl (C=O) groups excluding carboxylic acids is 4.